The van der Waals surface area contributed by atoms with Crippen LogP contribution in [0.3, 0.4) is 0 Å². The summed E-state index contributed by atoms with van der Waals surface area (Å²) in [7, 11) is 3.31. The van der Waals surface area contributed by atoms with E-state index < -0.39 is 0 Å². The lowest BCUT2D eigenvalue weighted by Gasteiger charge is -2.38. The van der Waals surface area contributed by atoms with Crippen LogP contribution in [0.25, 0.3) is 0 Å². The molecule has 24 heavy (non-hydrogen) atoms. The molecule has 0 saturated carbocycles. The molecule has 2 aromatic carbocycles. The Morgan fingerprint density at radius 2 is 1.71 bits per heavy atom. The molecule has 0 radical (unpaired) electrons. The molecule has 0 amide bonds. The second kappa shape index (κ2) is 7.32. The minimum Gasteiger partial charge on any atom is -0.493 e. The number of halogens is 1. The Balaban J connectivity index is 1.84. The van der Waals surface area contributed by atoms with Crippen molar-refractivity contribution >= 4 is 17.3 Å². The van der Waals surface area contributed by atoms with E-state index >= 15 is 0 Å². The van der Waals surface area contributed by atoms with Gasteiger partial charge < -0.3 is 20.1 Å². The highest BCUT2D eigenvalue weighted by atomic mass is 35.5. The summed E-state index contributed by atoms with van der Waals surface area (Å²) >= 11 is 6.00. The SMILES string of the molecule is COc1ccc(C2CC(N)CN(c3ccc(Cl)cc3)C2)cc1OC. The first kappa shape index (κ1) is 16.9. The van der Waals surface area contributed by atoms with Crippen LogP contribution in [0.2, 0.25) is 5.02 Å². The maximum Gasteiger partial charge on any atom is 0.160 e. The molecule has 0 spiro atoms. The van der Waals surface area contributed by atoms with Crippen LogP contribution < -0.4 is 20.1 Å². The number of methoxy groups -OCH3 is 2. The molecule has 1 fully saturated rings. The predicted molar refractivity (Wildman–Crippen MR) is 98.5 cm³/mol. The molecule has 2 atom stereocenters. The number of hydrogen-bond donors (Lipinski definition) is 1. The van der Waals surface area contributed by atoms with E-state index in [0.717, 1.165) is 41.7 Å². The van der Waals surface area contributed by atoms with Gasteiger partial charge in [-0.05, 0) is 48.4 Å². The van der Waals surface area contributed by atoms with Gasteiger partial charge in [0.25, 0.3) is 0 Å². The zero-order valence-electron chi connectivity index (χ0n) is 14.0. The number of benzene rings is 2. The number of nitrogens with two attached hydrogens (primary N) is 1. The van der Waals surface area contributed by atoms with Gasteiger partial charge in [-0.3, -0.25) is 0 Å². The molecule has 3 rings (SSSR count). The van der Waals surface area contributed by atoms with Crippen molar-refractivity contribution < 1.29 is 9.47 Å². The Hall–Kier alpha value is -1.91. The van der Waals surface area contributed by atoms with Crippen molar-refractivity contribution in [1.82, 2.24) is 0 Å². The Bertz CT molecular complexity index is 690. The second-order valence-corrected chi connectivity index (χ2v) is 6.62. The Morgan fingerprint density at radius 3 is 2.38 bits per heavy atom. The van der Waals surface area contributed by atoms with Gasteiger partial charge in [-0.25, -0.2) is 0 Å². The molecule has 0 aromatic heterocycles. The maximum absolute atomic E-state index is 6.32. The lowest BCUT2D eigenvalue weighted by atomic mass is 9.88. The summed E-state index contributed by atoms with van der Waals surface area (Å²) in [4.78, 5) is 2.33. The number of anilines is 1. The molecular weight excluding hydrogens is 324 g/mol. The van der Waals surface area contributed by atoms with Crippen LogP contribution in [0, 0.1) is 0 Å². The first-order valence-electron chi connectivity index (χ1n) is 8.08. The fourth-order valence-electron chi connectivity index (χ4n) is 3.35. The number of ether oxygens (including phenoxy) is 2. The van der Waals surface area contributed by atoms with Crippen LogP contribution in [0.1, 0.15) is 17.9 Å². The van der Waals surface area contributed by atoms with E-state index in [-0.39, 0.29) is 6.04 Å². The molecule has 1 heterocycles. The lowest BCUT2D eigenvalue weighted by molar-refractivity contribution is 0.353. The van der Waals surface area contributed by atoms with E-state index in [4.69, 9.17) is 26.8 Å². The largest absolute Gasteiger partial charge is 0.493 e. The first-order chi connectivity index (χ1) is 11.6. The molecule has 0 aliphatic carbocycles. The van der Waals surface area contributed by atoms with Crippen molar-refractivity contribution in [3.8, 4) is 11.5 Å². The average molecular weight is 347 g/mol. The summed E-state index contributed by atoms with van der Waals surface area (Å²) in [5.74, 6) is 1.85. The summed E-state index contributed by atoms with van der Waals surface area (Å²) < 4.78 is 10.8. The van der Waals surface area contributed by atoms with Crippen LogP contribution in [-0.4, -0.2) is 33.4 Å². The van der Waals surface area contributed by atoms with E-state index in [1.165, 1.54) is 5.56 Å². The van der Waals surface area contributed by atoms with Crippen LogP contribution in [0.4, 0.5) is 5.69 Å². The summed E-state index contributed by atoms with van der Waals surface area (Å²) in [6.07, 6.45) is 0.958. The lowest BCUT2D eigenvalue weighted by Crippen LogP contribution is -2.46. The van der Waals surface area contributed by atoms with E-state index in [9.17, 15) is 0 Å². The van der Waals surface area contributed by atoms with Gasteiger partial charge in [-0.2, -0.15) is 0 Å². The first-order valence-corrected chi connectivity index (χ1v) is 8.46. The molecule has 2 unspecified atom stereocenters. The standard InChI is InChI=1S/C19H23ClN2O2/c1-23-18-8-3-13(10-19(18)24-2)14-9-16(21)12-22(11-14)17-6-4-15(20)5-7-17/h3-8,10,14,16H,9,11-12,21H2,1-2H3. The topological polar surface area (TPSA) is 47.7 Å². The van der Waals surface area contributed by atoms with E-state index in [0.29, 0.717) is 5.92 Å². The number of rotatable bonds is 4. The van der Waals surface area contributed by atoms with Crippen molar-refractivity contribution in [3.63, 3.8) is 0 Å². The Labute approximate surface area is 148 Å². The Morgan fingerprint density at radius 1 is 1.00 bits per heavy atom. The van der Waals surface area contributed by atoms with Gasteiger partial charge in [0, 0.05) is 35.8 Å². The summed E-state index contributed by atoms with van der Waals surface area (Å²) in [6.45, 7) is 1.77. The third-order valence-corrected chi connectivity index (χ3v) is 4.81. The predicted octanol–water partition coefficient (Wildman–Crippen LogP) is 3.68. The van der Waals surface area contributed by atoms with Crippen molar-refractivity contribution in [2.75, 3.05) is 32.2 Å². The molecule has 2 N–H and O–H groups in total. The van der Waals surface area contributed by atoms with E-state index in [2.05, 4.69) is 17.0 Å². The third-order valence-electron chi connectivity index (χ3n) is 4.55. The van der Waals surface area contributed by atoms with Crippen LogP contribution in [0.15, 0.2) is 42.5 Å². The van der Waals surface area contributed by atoms with E-state index in [1.807, 2.05) is 30.3 Å². The smallest absolute Gasteiger partial charge is 0.160 e. The third kappa shape index (κ3) is 3.60. The summed E-state index contributed by atoms with van der Waals surface area (Å²) in [6, 6.07) is 14.2. The zero-order chi connectivity index (χ0) is 17.1. The molecule has 2 aromatic rings. The normalized spacial score (nSPS) is 20.8. The highest BCUT2D eigenvalue weighted by Crippen LogP contribution is 2.35. The fourth-order valence-corrected chi connectivity index (χ4v) is 3.48. The monoisotopic (exact) mass is 346 g/mol. The molecule has 0 bridgehead atoms. The van der Waals surface area contributed by atoms with Gasteiger partial charge in [0.05, 0.1) is 14.2 Å². The average Bonchev–Trinajstić information content (AvgIpc) is 2.61. The molecule has 1 aliphatic rings. The maximum atomic E-state index is 6.32. The highest BCUT2D eigenvalue weighted by molar-refractivity contribution is 6.30. The number of piperidine rings is 1. The minimum atomic E-state index is 0.132. The molecule has 1 saturated heterocycles. The summed E-state index contributed by atoms with van der Waals surface area (Å²) in [5, 5.41) is 0.747. The van der Waals surface area contributed by atoms with E-state index in [1.54, 1.807) is 14.2 Å². The van der Waals surface area contributed by atoms with Crippen molar-refractivity contribution in [2.24, 2.45) is 5.73 Å². The second-order valence-electron chi connectivity index (χ2n) is 6.19. The van der Waals surface area contributed by atoms with Gasteiger partial charge in [0.1, 0.15) is 0 Å². The number of nitrogens with zero attached hydrogens (tertiary/aromatic N) is 1. The van der Waals surface area contributed by atoms with Crippen molar-refractivity contribution in [2.45, 2.75) is 18.4 Å². The fraction of sp³-hybridized carbons (Fsp3) is 0.368. The number of hydrogen-bond acceptors (Lipinski definition) is 4. The molecule has 128 valence electrons. The minimum absolute atomic E-state index is 0.132. The molecular formula is C19H23ClN2O2. The molecule has 4 nitrogen and oxygen atoms in total. The summed E-state index contributed by atoms with van der Waals surface area (Å²) in [5.41, 5.74) is 8.70. The van der Waals surface area contributed by atoms with Gasteiger partial charge in [-0.15, -0.1) is 0 Å². The van der Waals surface area contributed by atoms with Crippen molar-refractivity contribution in [3.05, 3.63) is 53.1 Å². The van der Waals surface area contributed by atoms with Crippen LogP contribution in [0.5, 0.6) is 11.5 Å². The van der Waals surface area contributed by atoms with Gasteiger partial charge in [-0.1, -0.05) is 17.7 Å². The van der Waals surface area contributed by atoms with Gasteiger partial charge in [0.2, 0.25) is 0 Å². The van der Waals surface area contributed by atoms with Gasteiger partial charge in [0.15, 0.2) is 11.5 Å². The molecule has 5 heteroatoms. The van der Waals surface area contributed by atoms with Crippen molar-refractivity contribution in [1.29, 1.82) is 0 Å². The highest BCUT2D eigenvalue weighted by Gasteiger charge is 2.27. The Kier molecular flexibility index (Phi) is 5.17. The zero-order valence-corrected chi connectivity index (χ0v) is 14.8. The van der Waals surface area contributed by atoms with Crippen LogP contribution >= 0.6 is 11.6 Å². The van der Waals surface area contributed by atoms with Crippen LogP contribution in [-0.2, 0) is 0 Å². The molecule has 1 aliphatic heterocycles. The van der Waals surface area contributed by atoms with Gasteiger partial charge >= 0.3 is 0 Å². The quantitative estimate of drug-likeness (QED) is 0.917.